The summed E-state index contributed by atoms with van der Waals surface area (Å²) in [4.78, 5) is 11.8. The van der Waals surface area contributed by atoms with Crippen molar-refractivity contribution in [1.82, 2.24) is 0 Å². The topological polar surface area (TPSA) is 26.3 Å². The van der Waals surface area contributed by atoms with E-state index in [0.29, 0.717) is 5.75 Å². The van der Waals surface area contributed by atoms with Crippen LogP contribution in [0.5, 0.6) is 5.75 Å². The minimum atomic E-state index is -0.988. The van der Waals surface area contributed by atoms with Gasteiger partial charge in [0.15, 0.2) is 0 Å². The Morgan fingerprint density at radius 1 is 1.04 bits per heavy atom. The Balaban J connectivity index is 2.08. The first-order valence-corrected chi connectivity index (χ1v) is 7.36. The van der Waals surface area contributed by atoms with Gasteiger partial charge in [-0.2, -0.15) is 4.39 Å². The van der Waals surface area contributed by atoms with Crippen molar-refractivity contribution < 1.29 is 13.9 Å². The minimum absolute atomic E-state index is 0.413. The van der Waals surface area contributed by atoms with Crippen LogP contribution in [0, 0.1) is 20.8 Å². The maximum atomic E-state index is 13.9. The maximum absolute atomic E-state index is 13.9. The first-order valence-electron chi connectivity index (χ1n) is 7.36. The molecule has 0 saturated heterocycles. The van der Waals surface area contributed by atoms with Crippen molar-refractivity contribution in [2.45, 2.75) is 20.8 Å². The fraction of sp³-hybridized carbons (Fsp3) is 0.150. The standard InChI is InChI=1S/C20H19FO2/c1-14-12-15(2)19(16(3)13-14)23-20(22)18(21)11-7-10-17-8-5-4-6-9-17/h4-13H,1-3H3/b10-7+,18-11+. The second kappa shape index (κ2) is 7.54. The van der Waals surface area contributed by atoms with E-state index in [1.807, 2.05) is 63.2 Å². The predicted molar refractivity (Wildman–Crippen MR) is 91.0 cm³/mol. The van der Waals surface area contributed by atoms with Crippen LogP contribution in [0.15, 0.2) is 60.4 Å². The van der Waals surface area contributed by atoms with E-state index in [1.165, 1.54) is 6.08 Å². The normalized spacial score (nSPS) is 11.7. The summed E-state index contributed by atoms with van der Waals surface area (Å²) in [6.07, 6.45) is 4.31. The number of hydrogen-bond donors (Lipinski definition) is 0. The highest BCUT2D eigenvalue weighted by Crippen LogP contribution is 2.25. The minimum Gasteiger partial charge on any atom is -0.421 e. The highest BCUT2D eigenvalue weighted by Gasteiger charge is 2.14. The smallest absolute Gasteiger partial charge is 0.372 e. The lowest BCUT2D eigenvalue weighted by Gasteiger charge is -2.10. The maximum Gasteiger partial charge on any atom is 0.372 e. The van der Waals surface area contributed by atoms with Gasteiger partial charge in [0.2, 0.25) is 5.83 Å². The summed E-state index contributed by atoms with van der Waals surface area (Å²) < 4.78 is 19.0. The molecule has 0 N–H and O–H groups in total. The van der Waals surface area contributed by atoms with E-state index >= 15 is 0 Å². The molecule has 3 heteroatoms. The van der Waals surface area contributed by atoms with Crippen LogP contribution in [0.4, 0.5) is 4.39 Å². The zero-order chi connectivity index (χ0) is 16.8. The summed E-state index contributed by atoms with van der Waals surface area (Å²) in [5, 5.41) is 0. The number of carbonyl (C=O) groups is 1. The van der Waals surface area contributed by atoms with E-state index < -0.39 is 11.8 Å². The summed E-state index contributed by atoms with van der Waals surface area (Å²) in [6.45, 7) is 5.62. The van der Waals surface area contributed by atoms with Gasteiger partial charge in [0, 0.05) is 0 Å². The number of benzene rings is 2. The molecule has 0 aliphatic heterocycles. The lowest BCUT2D eigenvalue weighted by atomic mass is 10.1. The largest absolute Gasteiger partial charge is 0.421 e. The molecule has 0 aromatic heterocycles. The van der Waals surface area contributed by atoms with Gasteiger partial charge in [-0.25, -0.2) is 4.79 Å². The van der Waals surface area contributed by atoms with Gasteiger partial charge in [-0.15, -0.1) is 0 Å². The van der Waals surface area contributed by atoms with Crippen molar-refractivity contribution in [2.75, 3.05) is 0 Å². The van der Waals surface area contributed by atoms with E-state index in [4.69, 9.17) is 4.74 Å². The Morgan fingerprint density at radius 3 is 2.26 bits per heavy atom. The molecule has 2 rings (SSSR count). The second-order valence-electron chi connectivity index (χ2n) is 5.40. The van der Waals surface area contributed by atoms with Gasteiger partial charge in [0.25, 0.3) is 0 Å². The van der Waals surface area contributed by atoms with Crippen molar-refractivity contribution in [3.05, 3.63) is 82.7 Å². The molecular formula is C20H19FO2. The van der Waals surface area contributed by atoms with Crippen molar-refractivity contribution in [2.24, 2.45) is 0 Å². The molecule has 0 atom stereocenters. The van der Waals surface area contributed by atoms with E-state index in [2.05, 4.69) is 0 Å². The molecule has 0 saturated carbocycles. The number of aryl methyl sites for hydroxylation is 3. The first-order chi connectivity index (χ1) is 11.0. The summed E-state index contributed by atoms with van der Waals surface area (Å²) >= 11 is 0. The fourth-order valence-electron chi connectivity index (χ4n) is 2.35. The summed E-state index contributed by atoms with van der Waals surface area (Å²) in [6, 6.07) is 13.2. The number of carbonyl (C=O) groups excluding carboxylic acids is 1. The van der Waals surface area contributed by atoms with Gasteiger partial charge in [0.05, 0.1) is 0 Å². The first kappa shape index (κ1) is 16.7. The SMILES string of the molecule is Cc1cc(C)c(OC(=O)/C(F)=C\C=C\c2ccccc2)c(C)c1. The third-order valence-corrected chi connectivity index (χ3v) is 3.33. The molecule has 2 nitrogen and oxygen atoms in total. The molecule has 0 spiro atoms. The van der Waals surface area contributed by atoms with Crippen molar-refractivity contribution >= 4 is 12.0 Å². The van der Waals surface area contributed by atoms with Crippen LogP contribution in [-0.4, -0.2) is 5.97 Å². The molecule has 118 valence electrons. The highest BCUT2D eigenvalue weighted by atomic mass is 19.1. The Labute approximate surface area is 135 Å². The third-order valence-electron chi connectivity index (χ3n) is 3.33. The van der Waals surface area contributed by atoms with E-state index in [-0.39, 0.29) is 0 Å². The summed E-state index contributed by atoms with van der Waals surface area (Å²) in [7, 11) is 0. The average molecular weight is 310 g/mol. The number of allylic oxidation sites excluding steroid dienone is 2. The molecule has 23 heavy (non-hydrogen) atoms. The number of ether oxygens (including phenoxy) is 1. The molecule has 0 amide bonds. The van der Waals surface area contributed by atoms with Crippen LogP contribution in [0.1, 0.15) is 22.3 Å². The number of rotatable bonds is 4. The monoisotopic (exact) mass is 310 g/mol. The molecule has 0 aliphatic carbocycles. The van der Waals surface area contributed by atoms with Crippen molar-refractivity contribution in [1.29, 1.82) is 0 Å². The summed E-state index contributed by atoms with van der Waals surface area (Å²) in [5.74, 6) is -1.51. The molecule has 2 aromatic carbocycles. The van der Waals surface area contributed by atoms with Crippen LogP contribution in [0.25, 0.3) is 6.08 Å². The van der Waals surface area contributed by atoms with Crippen LogP contribution in [-0.2, 0) is 4.79 Å². The third kappa shape index (κ3) is 4.65. The van der Waals surface area contributed by atoms with Gasteiger partial charge in [-0.3, -0.25) is 0 Å². The average Bonchev–Trinajstić information content (AvgIpc) is 2.51. The molecule has 0 aliphatic rings. The van der Waals surface area contributed by atoms with Gasteiger partial charge >= 0.3 is 5.97 Å². The van der Waals surface area contributed by atoms with Crippen LogP contribution in [0.3, 0.4) is 0 Å². The van der Waals surface area contributed by atoms with Gasteiger partial charge in [-0.1, -0.05) is 60.2 Å². The number of esters is 1. The predicted octanol–water partition coefficient (Wildman–Crippen LogP) is 5.08. The lowest BCUT2D eigenvalue weighted by molar-refractivity contribution is -0.131. The molecule has 2 aromatic rings. The van der Waals surface area contributed by atoms with E-state index in [9.17, 15) is 9.18 Å². The highest BCUT2D eigenvalue weighted by molar-refractivity contribution is 5.88. The Bertz CT molecular complexity index is 735. The van der Waals surface area contributed by atoms with Crippen LogP contribution in [0.2, 0.25) is 0 Å². The van der Waals surface area contributed by atoms with Gasteiger partial charge in [0.1, 0.15) is 5.75 Å². The van der Waals surface area contributed by atoms with E-state index in [1.54, 1.807) is 6.08 Å². The Morgan fingerprint density at radius 2 is 1.65 bits per heavy atom. The lowest BCUT2D eigenvalue weighted by Crippen LogP contribution is -2.10. The molecular weight excluding hydrogens is 291 g/mol. The van der Waals surface area contributed by atoms with Gasteiger partial charge in [-0.05, 0) is 43.5 Å². The van der Waals surface area contributed by atoms with Crippen molar-refractivity contribution in [3.8, 4) is 5.75 Å². The zero-order valence-corrected chi connectivity index (χ0v) is 13.5. The molecule has 0 radical (unpaired) electrons. The number of halogens is 1. The number of hydrogen-bond acceptors (Lipinski definition) is 2. The molecule has 0 heterocycles. The van der Waals surface area contributed by atoms with Crippen LogP contribution >= 0.6 is 0 Å². The Hall–Kier alpha value is -2.68. The second-order valence-corrected chi connectivity index (χ2v) is 5.40. The molecule has 0 unspecified atom stereocenters. The molecule has 0 fully saturated rings. The van der Waals surface area contributed by atoms with E-state index in [0.717, 1.165) is 28.3 Å². The van der Waals surface area contributed by atoms with Crippen molar-refractivity contribution in [3.63, 3.8) is 0 Å². The summed E-state index contributed by atoms with van der Waals surface area (Å²) in [5.41, 5.74) is 3.61. The van der Waals surface area contributed by atoms with Crippen LogP contribution < -0.4 is 4.74 Å². The van der Waals surface area contributed by atoms with Gasteiger partial charge < -0.3 is 4.74 Å². The zero-order valence-electron chi connectivity index (χ0n) is 13.5. The fourth-order valence-corrected chi connectivity index (χ4v) is 2.35. The molecule has 0 bridgehead atoms. The quantitative estimate of drug-likeness (QED) is 0.340. The Kier molecular flexibility index (Phi) is 5.47.